The summed E-state index contributed by atoms with van der Waals surface area (Å²) in [4.78, 5) is 19.6. The fraction of sp³-hybridized carbons (Fsp3) is 0.357. The summed E-state index contributed by atoms with van der Waals surface area (Å²) < 4.78 is 7.00. The van der Waals surface area contributed by atoms with Crippen molar-refractivity contribution in [2.45, 2.75) is 26.7 Å². The van der Waals surface area contributed by atoms with Gasteiger partial charge in [0.25, 0.3) is 0 Å². The molecule has 1 aromatic heterocycles. The van der Waals surface area contributed by atoms with E-state index in [1.165, 1.54) is 10.9 Å². The second-order valence-electron chi connectivity index (χ2n) is 4.31. The number of anilines is 1. The van der Waals surface area contributed by atoms with Gasteiger partial charge in [0.15, 0.2) is 0 Å². The zero-order chi connectivity index (χ0) is 14.5. The highest BCUT2D eigenvalue weighted by molar-refractivity contribution is 5.53. The molecular formula is C14H18N4O2. The highest BCUT2D eigenvalue weighted by atomic mass is 16.5. The lowest BCUT2D eigenvalue weighted by Crippen LogP contribution is -2.24. The number of aromatic nitrogens is 3. The van der Waals surface area contributed by atoms with Crippen LogP contribution in [0.1, 0.15) is 25.8 Å². The van der Waals surface area contributed by atoms with Crippen LogP contribution < -0.4 is 16.2 Å². The first kappa shape index (κ1) is 14.0. The number of para-hydroxylation sites is 1. The van der Waals surface area contributed by atoms with Crippen molar-refractivity contribution in [1.82, 2.24) is 14.5 Å². The van der Waals surface area contributed by atoms with E-state index in [1.54, 1.807) is 0 Å². The monoisotopic (exact) mass is 274 g/mol. The minimum atomic E-state index is -0.456. The van der Waals surface area contributed by atoms with E-state index in [-0.39, 0.29) is 5.95 Å². The zero-order valence-electron chi connectivity index (χ0n) is 11.7. The van der Waals surface area contributed by atoms with E-state index in [4.69, 9.17) is 10.5 Å². The first-order valence-corrected chi connectivity index (χ1v) is 6.63. The second-order valence-corrected chi connectivity index (χ2v) is 4.31. The lowest BCUT2D eigenvalue weighted by molar-refractivity contribution is 0.338. The Morgan fingerprint density at radius 2 is 2.15 bits per heavy atom. The van der Waals surface area contributed by atoms with Crippen LogP contribution in [0.5, 0.6) is 5.75 Å². The fourth-order valence-corrected chi connectivity index (χ4v) is 2.08. The third-order valence-corrected chi connectivity index (χ3v) is 2.86. The van der Waals surface area contributed by atoms with Crippen LogP contribution in [0, 0.1) is 0 Å². The Labute approximate surface area is 117 Å². The van der Waals surface area contributed by atoms with Gasteiger partial charge in [0.05, 0.1) is 12.3 Å². The van der Waals surface area contributed by atoms with Crippen molar-refractivity contribution < 1.29 is 4.74 Å². The van der Waals surface area contributed by atoms with Crippen molar-refractivity contribution >= 4 is 5.95 Å². The largest absolute Gasteiger partial charge is 0.492 e. The maximum absolute atomic E-state index is 12.0. The molecular weight excluding hydrogens is 256 g/mol. The third-order valence-electron chi connectivity index (χ3n) is 2.86. The number of nitrogens with two attached hydrogens (primary N) is 1. The van der Waals surface area contributed by atoms with Crippen LogP contribution in [0.4, 0.5) is 5.95 Å². The summed E-state index contributed by atoms with van der Waals surface area (Å²) in [5.74, 6) is 0.617. The van der Waals surface area contributed by atoms with Crippen molar-refractivity contribution in [3.05, 3.63) is 40.6 Å². The van der Waals surface area contributed by atoms with Crippen LogP contribution in [-0.2, 0) is 6.42 Å². The molecule has 6 heteroatoms. The minimum Gasteiger partial charge on any atom is -0.492 e. The molecule has 6 nitrogen and oxygen atoms in total. The summed E-state index contributed by atoms with van der Waals surface area (Å²) in [7, 11) is 0. The average Bonchev–Trinajstić information content (AvgIpc) is 2.41. The third kappa shape index (κ3) is 2.79. The quantitative estimate of drug-likeness (QED) is 0.894. The van der Waals surface area contributed by atoms with Gasteiger partial charge in [-0.05, 0) is 25.0 Å². The van der Waals surface area contributed by atoms with Crippen molar-refractivity contribution in [3.8, 4) is 11.4 Å². The molecule has 0 saturated heterocycles. The molecule has 2 aromatic rings. The lowest BCUT2D eigenvalue weighted by atomic mass is 10.1. The Morgan fingerprint density at radius 1 is 1.35 bits per heavy atom. The molecule has 2 rings (SSSR count). The van der Waals surface area contributed by atoms with Gasteiger partial charge in [-0.25, -0.2) is 14.3 Å². The molecule has 0 radical (unpaired) electrons. The van der Waals surface area contributed by atoms with Gasteiger partial charge in [0.1, 0.15) is 12.1 Å². The number of hydrogen-bond acceptors (Lipinski definition) is 5. The Kier molecular flexibility index (Phi) is 4.34. The number of nitrogen functional groups attached to an aromatic ring is 1. The van der Waals surface area contributed by atoms with Gasteiger partial charge in [0, 0.05) is 0 Å². The summed E-state index contributed by atoms with van der Waals surface area (Å²) in [6.07, 6.45) is 3.20. The van der Waals surface area contributed by atoms with Gasteiger partial charge < -0.3 is 10.5 Å². The van der Waals surface area contributed by atoms with Gasteiger partial charge in [-0.2, -0.15) is 4.98 Å². The van der Waals surface area contributed by atoms with Crippen molar-refractivity contribution in [2.75, 3.05) is 12.3 Å². The molecule has 0 spiro atoms. The van der Waals surface area contributed by atoms with E-state index in [9.17, 15) is 4.79 Å². The number of aryl methyl sites for hydroxylation is 1. The van der Waals surface area contributed by atoms with Gasteiger partial charge in [-0.1, -0.05) is 25.5 Å². The number of hydrogen-bond donors (Lipinski definition) is 1. The molecule has 0 aliphatic carbocycles. The van der Waals surface area contributed by atoms with Crippen LogP contribution in [0.3, 0.4) is 0 Å². The molecule has 20 heavy (non-hydrogen) atoms. The summed E-state index contributed by atoms with van der Waals surface area (Å²) >= 11 is 0. The average molecular weight is 274 g/mol. The molecule has 1 heterocycles. The van der Waals surface area contributed by atoms with Crippen molar-refractivity contribution in [2.24, 2.45) is 0 Å². The summed E-state index contributed by atoms with van der Waals surface area (Å²) in [5, 5.41) is 0. The number of nitrogens with zero attached hydrogens (tertiary/aromatic N) is 3. The topological polar surface area (TPSA) is 83.0 Å². The molecule has 0 atom stereocenters. The van der Waals surface area contributed by atoms with Crippen LogP contribution in [0.25, 0.3) is 5.69 Å². The fourth-order valence-electron chi connectivity index (χ4n) is 2.08. The maximum Gasteiger partial charge on any atom is 0.356 e. The summed E-state index contributed by atoms with van der Waals surface area (Å²) in [6, 6.07) is 5.73. The number of ether oxygens (including phenoxy) is 1. The molecule has 106 valence electrons. The van der Waals surface area contributed by atoms with Gasteiger partial charge in [-0.3, -0.25) is 0 Å². The first-order valence-electron chi connectivity index (χ1n) is 6.63. The highest BCUT2D eigenvalue weighted by Gasteiger charge is 2.13. The Bertz CT molecular complexity index is 628. The summed E-state index contributed by atoms with van der Waals surface area (Å²) in [5.41, 5.74) is 6.69. The SMILES string of the molecule is CCCc1cccc(OCC)c1-n1cnc(N)nc1=O. The number of benzene rings is 1. The molecule has 0 aliphatic rings. The molecule has 0 saturated carbocycles. The van der Waals surface area contributed by atoms with Crippen LogP contribution in [0.2, 0.25) is 0 Å². The Balaban J connectivity index is 2.65. The second kappa shape index (κ2) is 6.18. The predicted octanol–water partition coefficient (Wildman–Crippen LogP) is 1.56. The van der Waals surface area contributed by atoms with E-state index < -0.39 is 5.69 Å². The molecule has 0 fully saturated rings. The van der Waals surface area contributed by atoms with Crippen LogP contribution >= 0.6 is 0 Å². The molecule has 0 bridgehead atoms. The summed E-state index contributed by atoms with van der Waals surface area (Å²) in [6.45, 7) is 4.51. The van der Waals surface area contributed by atoms with Crippen molar-refractivity contribution in [3.63, 3.8) is 0 Å². The van der Waals surface area contributed by atoms with Crippen LogP contribution in [0.15, 0.2) is 29.3 Å². The zero-order valence-corrected chi connectivity index (χ0v) is 11.7. The van der Waals surface area contributed by atoms with E-state index in [2.05, 4.69) is 16.9 Å². The van der Waals surface area contributed by atoms with Crippen molar-refractivity contribution in [1.29, 1.82) is 0 Å². The van der Waals surface area contributed by atoms with Gasteiger partial charge in [0.2, 0.25) is 5.95 Å². The normalized spacial score (nSPS) is 10.5. The molecule has 0 amide bonds. The standard InChI is InChI=1S/C14H18N4O2/c1-3-6-10-7-5-8-11(20-4-2)12(10)18-9-16-13(15)17-14(18)19/h5,7-9H,3-4,6H2,1-2H3,(H2,15,17,19). The maximum atomic E-state index is 12.0. The smallest absolute Gasteiger partial charge is 0.356 e. The Hall–Kier alpha value is -2.37. The highest BCUT2D eigenvalue weighted by Crippen LogP contribution is 2.26. The first-order chi connectivity index (χ1) is 9.67. The molecule has 0 aliphatic heterocycles. The van der Waals surface area contributed by atoms with Gasteiger partial charge in [-0.15, -0.1) is 0 Å². The molecule has 1 aromatic carbocycles. The minimum absolute atomic E-state index is 0.0304. The lowest BCUT2D eigenvalue weighted by Gasteiger charge is -2.15. The Morgan fingerprint density at radius 3 is 2.80 bits per heavy atom. The molecule has 0 unspecified atom stereocenters. The van der Waals surface area contributed by atoms with Crippen LogP contribution in [-0.4, -0.2) is 21.1 Å². The van der Waals surface area contributed by atoms with E-state index >= 15 is 0 Å². The predicted molar refractivity (Wildman–Crippen MR) is 77.2 cm³/mol. The number of rotatable bonds is 5. The van der Waals surface area contributed by atoms with Gasteiger partial charge >= 0.3 is 5.69 Å². The van der Waals surface area contributed by atoms with E-state index in [0.29, 0.717) is 18.0 Å². The van der Waals surface area contributed by atoms with E-state index in [0.717, 1.165) is 18.4 Å². The molecule has 2 N–H and O–H groups in total. The van der Waals surface area contributed by atoms with E-state index in [1.807, 2.05) is 25.1 Å².